The summed E-state index contributed by atoms with van der Waals surface area (Å²) in [5, 5.41) is 20.9. The number of esters is 2. The third kappa shape index (κ3) is 27.9. The molecule has 19 nitrogen and oxygen atoms in total. The van der Waals surface area contributed by atoms with E-state index in [0.29, 0.717) is 32.1 Å². The molecule has 2 heterocycles. The molecule has 1 aliphatic rings. The zero-order chi connectivity index (χ0) is 50.2. The summed E-state index contributed by atoms with van der Waals surface area (Å²) in [7, 11) is -10.9. The van der Waals surface area contributed by atoms with Crippen LogP contribution in [0, 0.1) is 5.92 Å². The van der Waals surface area contributed by atoms with Crippen molar-refractivity contribution in [2.75, 3.05) is 25.6 Å². The average molecular weight is 1010 g/mol. The van der Waals surface area contributed by atoms with Crippen molar-refractivity contribution in [2.24, 2.45) is 5.92 Å². The van der Waals surface area contributed by atoms with Gasteiger partial charge < -0.3 is 39.9 Å². The lowest BCUT2D eigenvalue weighted by Crippen LogP contribution is -2.36. The number of aliphatic hydroxyl groups is 2. The minimum atomic E-state index is -5.44. The van der Waals surface area contributed by atoms with Crippen LogP contribution in [0.4, 0.5) is 5.82 Å². The molecule has 1 saturated heterocycles. The second kappa shape index (κ2) is 35.1. The van der Waals surface area contributed by atoms with Gasteiger partial charge in [0.1, 0.15) is 30.7 Å². The van der Waals surface area contributed by atoms with Crippen molar-refractivity contribution in [3.05, 3.63) is 47.1 Å². The van der Waals surface area contributed by atoms with Crippen LogP contribution >= 0.6 is 15.6 Å². The molecule has 1 aromatic heterocycles. The van der Waals surface area contributed by atoms with Gasteiger partial charge in [0.15, 0.2) is 18.1 Å². The fourth-order valence-electron chi connectivity index (χ4n) is 7.27. The number of ketones is 1. The van der Waals surface area contributed by atoms with E-state index < -0.39 is 83.7 Å². The first-order valence-corrected chi connectivity index (χ1v) is 27.7. The predicted molar refractivity (Wildman–Crippen MR) is 257 cm³/mol. The molecule has 390 valence electrons. The number of phosphoric ester groups is 2. The van der Waals surface area contributed by atoms with Gasteiger partial charge in [-0.25, -0.2) is 13.9 Å². The van der Waals surface area contributed by atoms with Gasteiger partial charge in [-0.1, -0.05) is 142 Å². The highest BCUT2D eigenvalue weighted by atomic mass is 31.3. The normalized spacial score (nSPS) is 20.0. The van der Waals surface area contributed by atoms with E-state index in [9.17, 15) is 48.3 Å². The van der Waals surface area contributed by atoms with Crippen molar-refractivity contribution >= 4 is 39.2 Å². The Bertz CT molecular complexity index is 1810. The van der Waals surface area contributed by atoms with E-state index in [1.54, 1.807) is 12.2 Å². The summed E-state index contributed by atoms with van der Waals surface area (Å²) in [4.78, 5) is 73.9. The number of nitrogen functional groups attached to an aromatic ring is 1. The molecule has 2 rings (SSSR count). The van der Waals surface area contributed by atoms with Crippen molar-refractivity contribution in [1.29, 1.82) is 0 Å². The molecule has 21 heteroatoms. The lowest BCUT2D eigenvalue weighted by atomic mass is 9.99. The van der Waals surface area contributed by atoms with Gasteiger partial charge in [-0.05, 0) is 50.2 Å². The second-order valence-electron chi connectivity index (χ2n) is 17.6. The Hall–Kier alpha value is -3.09. The smallest absolute Gasteiger partial charge is 0.462 e. The molecule has 6 N–H and O–H groups in total. The van der Waals surface area contributed by atoms with Gasteiger partial charge in [-0.15, -0.1) is 0 Å². The third-order valence-electron chi connectivity index (χ3n) is 11.6. The number of unbranched alkanes of at least 4 members (excludes halogenated alkanes) is 16. The number of allylic oxidation sites excluding steroid dienone is 4. The summed E-state index contributed by atoms with van der Waals surface area (Å²) in [6, 6.07) is 1.24. The summed E-state index contributed by atoms with van der Waals surface area (Å²) in [5.41, 5.74) is 4.57. The molecule has 8 atom stereocenters. The van der Waals surface area contributed by atoms with Crippen molar-refractivity contribution < 1.29 is 71.1 Å². The maximum Gasteiger partial charge on any atom is 0.481 e. The minimum Gasteiger partial charge on any atom is -0.462 e. The highest BCUT2D eigenvalue weighted by Gasteiger charge is 2.46. The van der Waals surface area contributed by atoms with Crippen LogP contribution in [0.5, 0.6) is 0 Å². The number of aliphatic hydroxyl groups excluding tert-OH is 2. The Morgan fingerprint density at radius 3 is 2.00 bits per heavy atom. The number of anilines is 1. The monoisotopic (exact) mass is 1010 g/mol. The fourth-order valence-corrected chi connectivity index (χ4v) is 9.38. The Morgan fingerprint density at radius 1 is 0.794 bits per heavy atom. The molecular weight excluding hydrogens is 924 g/mol. The molecular formula is C47H81N3O16P2. The summed E-state index contributed by atoms with van der Waals surface area (Å²) < 4.78 is 56.6. The molecule has 1 aromatic rings. The van der Waals surface area contributed by atoms with E-state index in [1.807, 2.05) is 6.08 Å². The molecule has 0 bridgehead atoms. The number of hydrogen-bond acceptors (Lipinski definition) is 16. The number of ether oxygens (including phenoxy) is 3. The highest BCUT2D eigenvalue weighted by Crippen LogP contribution is 2.60. The number of nitrogens with two attached hydrogens (primary N) is 1. The van der Waals surface area contributed by atoms with Gasteiger partial charge in [0, 0.05) is 25.5 Å². The molecule has 0 aliphatic carbocycles. The number of aromatic nitrogens is 2. The van der Waals surface area contributed by atoms with Crippen molar-refractivity contribution in [3.63, 3.8) is 0 Å². The zero-order valence-electron chi connectivity index (χ0n) is 40.6. The molecule has 0 amide bonds. The van der Waals surface area contributed by atoms with Gasteiger partial charge in [0.2, 0.25) is 0 Å². The first-order valence-electron chi connectivity index (χ1n) is 24.7. The molecule has 0 saturated carbocycles. The van der Waals surface area contributed by atoms with Crippen molar-refractivity contribution in [3.8, 4) is 0 Å². The van der Waals surface area contributed by atoms with Crippen molar-refractivity contribution in [2.45, 2.75) is 206 Å². The SMILES string of the molecule is CCCCC/C=C\C=C\C(=O)CCCCCCCC(=O)O[C@H](COC(=O)CCCCCCCCCCCCC(C)CC)COP(=O)(O)OP(=O)(O)OC[C@H]1O[C@@H](n2ccc(N)nc2=O)[C@H](O)[C@@H]1O. The molecule has 0 aromatic carbocycles. The third-order valence-corrected chi connectivity index (χ3v) is 14.2. The summed E-state index contributed by atoms with van der Waals surface area (Å²) >= 11 is 0. The first-order chi connectivity index (χ1) is 32.5. The maximum atomic E-state index is 12.8. The Morgan fingerprint density at radius 2 is 1.38 bits per heavy atom. The number of carbonyl (C=O) groups is 3. The largest absolute Gasteiger partial charge is 0.481 e. The fraction of sp³-hybridized carbons (Fsp3) is 0.766. The number of phosphoric acid groups is 2. The topological polar surface area (TPSA) is 283 Å². The number of hydrogen-bond donors (Lipinski definition) is 5. The van der Waals surface area contributed by atoms with Gasteiger partial charge in [-0.3, -0.25) is 28.0 Å². The molecule has 0 radical (unpaired) electrons. The van der Waals surface area contributed by atoms with Gasteiger partial charge in [0.25, 0.3) is 0 Å². The molecule has 1 aliphatic heterocycles. The molecule has 0 spiro atoms. The van der Waals surface area contributed by atoms with E-state index >= 15 is 0 Å². The van der Waals surface area contributed by atoms with Crippen LogP contribution in [0.3, 0.4) is 0 Å². The van der Waals surface area contributed by atoms with Crippen molar-refractivity contribution in [1.82, 2.24) is 9.55 Å². The highest BCUT2D eigenvalue weighted by molar-refractivity contribution is 7.61. The van der Waals surface area contributed by atoms with Gasteiger partial charge in [-0.2, -0.15) is 9.29 Å². The quantitative estimate of drug-likeness (QED) is 0.0135. The van der Waals surface area contributed by atoms with Crippen LogP contribution in [0.2, 0.25) is 0 Å². The molecule has 1 fully saturated rings. The van der Waals surface area contributed by atoms with E-state index in [0.717, 1.165) is 74.5 Å². The zero-order valence-corrected chi connectivity index (χ0v) is 42.4. The van der Waals surface area contributed by atoms with E-state index in [4.69, 9.17) is 29.0 Å². The Balaban J connectivity index is 1.84. The molecule has 68 heavy (non-hydrogen) atoms. The van der Waals surface area contributed by atoms with E-state index in [2.05, 4.69) is 36.1 Å². The number of rotatable bonds is 40. The Labute approximate surface area is 402 Å². The summed E-state index contributed by atoms with van der Waals surface area (Å²) in [6.07, 6.45) is 22.3. The lowest BCUT2D eigenvalue weighted by Gasteiger charge is -2.21. The summed E-state index contributed by atoms with van der Waals surface area (Å²) in [5.74, 6) is -0.544. The van der Waals surface area contributed by atoms with Crippen LogP contribution < -0.4 is 11.4 Å². The lowest BCUT2D eigenvalue weighted by molar-refractivity contribution is -0.161. The minimum absolute atomic E-state index is 0.0317. The van der Waals surface area contributed by atoms with E-state index in [1.165, 1.54) is 57.4 Å². The summed E-state index contributed by atoms with van der Waals surface area (Å²) in [6.45, 7) is 4.30. The standard InChI is InChI=1S/C47H81N3O16P2/c1-4-6-7-8-13-18-23-28-38(51)29-24-19-16-21-26-31-43(53)64-39(34-61-42(52)30-25-20-15-12-10-9-11-14-17-22-27-37(3)5-2)35-62-67(57,58)66-68(59,60)63-36-40-44(54)45(55)46(65-40)50-33-32-41(48)49-47(50)56/h13,18,23,28,32-33,37,39-40,44-46,54-55H,4-12,14-17,19-22,24-27,29-31,34-36H2,1-3H3,(H,57,58)(H,59,60)(H2,48,49,56)/b18-13-,28-23+/t37?,39-,40-,44-,45-,46-/m1/s1. The number of carbonyl (C=O) groups excluding carboxylic acids is 3. The van der Waals surface area contributed by atoms with Crippen LogP contribution in [0.15, 0.2) is 41.4 Å². The number of nitrogens with zero attached hydrogens (tertiary/aromatic N) is 2. The van der Waals surface area contributed by atoms with Crippen LogP contribution in [0.1, 0.15) is 181 Å². The predicted octanol–water partition coefficient (Wildman–Crippen LogP) is 8.87. The average Bonchev–Trinajstić information content (AvgIpc) is 3.57. The maximum absolute atomic E-state index is 12.8. The van der Waals surface area contributed by atoms with Crippen LogP contribution in [-0.2, 0) is 51.1 Å². The van der Waals surface area contributed by atoms with Gasteiger partial charge >= 0.3 is 33.3 Å². The van der Waals surface area contributed by atoms with E-state index in [-0.39, 0.29) is 24.4 Å². The van der Waals surface area contributed by atoms with Gasteiger partial charge in [0.05, 0.1) is 13.2 Å². The first kappa shape index (κ1) is 61.0. The van der Waals surface area contributed by atoms with Crippen LogP contribution in [-0.4, -0.2) is 91.5 Å². The molecule has 3 unspecified atom stereocenters. The Kier molecular flexibility index (Phi) is 31.5. The second-order valence-corrected chi connectivity index (χ2v) is 20.6. The van der Waals surface area contributed by atoms with Crippen LogP contribution in [0.25, 0.3) is 0 Å².